The second-order valence-corrected chi connectivity index (χ2v) is 3.70. The number of para-hydroxylation sites is 1. The van der Waals surface area contributed by atoms with Crippen molar-refractivity contribution in [3.63, 3.8) is 0 Å². The summed E-state index contributed by atoms with van der Waals surface area (Å²) < 4.78 is 5.31. The van der Waals surface area contributed by atoms with Gasteiger partial charge in [0.05, 0.1) is 19.8 Å². The fourth-order valence-corrected chi connectivity index (χ4v) is 1.80. The van der Waals surface area contributed by atoms with Gasteiger partial charge in [-0.2, -0.15) is 0 Å². The Morgan fingerprint density at radius 3 is 2.69 bits per heavy atom. The third kappa shape index (κ3) is 2.95. The molecule has 3 N–H and O–H groups in total. The minimum Gasteiger partial charge on any atom is -0.496 e. The number of aliphatic hydroxyl groups is 1. The van der Waals surface area contributed by atoms with Crippen LogP contribution in [-0.2, 0) is 0 Å². The minimum absolute atomic E-state index is 0.0725. The lowest BCUT2D eigenvalue weighted by molar-refractivity contribution is 0.181. The van der Waals surface area contributed by atoms with Gasteiger partial charge in [-0.3, -0.25) is 4.90 Å². The molecule has 0 saturated carbocycles. The Kier molecular flexibility index (Phi) is 5.25. The molecule has 0 aromatic heterocycles. The second-order valence-electron chi connectivity index (χ2n) is 3.70. The third-order valence-corrected chi connectivity index (χ3v) is 2.71. The van der Waals surface area contributed by atoms with Gasteiger partial charge in [0, 0.05) is 18.7 Å². The van der Waals surface area contributed by atoms with E-state index in [1.54, 1.807) is 7.11 Å². The third-order valence-electron chi connectivity index (χ3n) is 2.71. The largest absolute Gasteiger partial charge is 0.496 e. The van der Waals surface area contributed by atoms with Gasteiger partial charge >= 0.3 is 0 Å². The monoisotopic (exact) mass is 224 g/mol. The van der Waals surface area contributed by atoms with E-state index in [0.29, 0.717) is 13.1 Å². The topological polar surface area (TPSA) is 58.7 Å². The first kappa shape index (κ1) is 13.0. The molecule has 4 heteroatoms. The SMILES string of the molecule is COc1ccccc1C(CN)N(C)CCO. The predicted octanol–water partition coefficient (Wildman–Crippen LogP) is 0.619. The van der Waals surface area contributed by atoms with Gasteiger partial charge in [-0.1, -0.05) is 18.2 Å². The van der Waals surface area contributed by atoms with Gasteiger partial charge < -0.3 is 15.6 Å². The fraction of sp³-hybridized carbons (Fsp3) is 0.500. The van der Waals surface area contributed by atoms with Gasteiger partial charge in [-0.15, -0.1) is 0 Å². The van der Waals surface area contributed by atoms with E-state index in [9.17, 15) is 0 Å². The van der Waals surface area contributed by atoms with Gasteiger partial charge in [0.2, 0.25) is 0 Å². The van der Waals surface area contributed by atoms with E-state index in [1.165, 1.54) is 0 Å². The molecule has 90 valence electrons. The van der Waals surface area contributed by atoms with E-state index in [2.05, 4.69) is 0 Å². The first-order valence-corrected chi connectivity index (χ1v) is 5.38. The highest BCUT2D eigenvalue weighted by Crippen LogP contribution is 2.27. The number of hydrogen-bond acceptors (Lipinski definition) is 4. The number of nitrogens with zero attached hydrogens (tertiary/aromatic N) is 1. The van der Waals surface area contributed by atoms with Crippen LogP contribution in [0.2, 0.25) is 0 Å². The molecule has 0 saturated heterocycles. The number of methoxy groups -OCH3 is 1. The molecule has 0 spiro atoms. The summed E-state index contributed by atoms with van der Waals surface area (Å²) in [6.07, 6.45) is 0. The predicted molar refractivity (Wildman–Crippen MR) is 64.5 cm³/mol. The van der Waals surface area contributed by atoms with Crippen molar-refractivity contribution in [2.45, 2.75) is 6.04 Å². The van der Waals surface area contributed by atoms with Gasteiger partial charge in [0.25, 0.3) is 0 Å². The van der Waals surface area contributed by atoms with Gasteiger partial charge in [0.1, 0.15) is 5.75 Å². The molecule has 0 aliphatic heterocycles. The molecule has 0 fully saturated rings. The Morgan fingerprint density at radius 2 is 2.12 bits per heavy atom. The van der Waals surface area contributed by atoms with Gasteiger partial charge in [0.15, 0.2) is 0 Å². The molecule has 1 rings (SSSR count). The maximum atomic E-state index is 8.94. The summed E-state index contributed by atoms with van der Waals surface area (Å²) in [5.74, 6) is 0.836. The molecular weight excluding hydrogens is 204 g/mol. The van der Waals surface area contributed by atoms with Crippen LogP contribution < -0.4 is 10.5 Å². The lowest BCUT2D eigenvalue weighted by Gasteiger charge is -2.27. The summed E-state index contributed by atoms with van der Waals surface area (Å²) in [4.78, 5) is 2.03. The zero-order valence-corrected chi connectivity index (χ0v) is 9.89. The van der Waals surface area contributed by atoms with Crippen LogP contribution in [0.1, 0.15) is 11.6 Å². The highest BCUT2D eigenvalue weighted by Gasteiger charge is 2.18. The number of benzene rings is 1. The van der Waals surface area contributed by atoms with Crippen molar-refractivity contribution in [3.8, 4) is 5.75 Å². The molecule has 1 atom stereocenters. The molecule has 0 aliphatic carbocycles. The average Bonchev–Trinajstić information content (AvgIpc) is 2.31. The average molecular weight is 224 g/mol. The van der Waals surface area contributed by atoms with E-state index in [-0.39, 0.29) is 12.6 Å². The Morgan fingerprint density at radius 1 is 1.44 bits per heavy atom. The van der Waals surface area contributed by atoms with Crippen molar-refractivity contribution in [2.75, 3.05) is 33.9 Å². The van der Waals surface area contributed by atoms with Crippen molar-refractivity contribution in [3.05, 3.63) is 29.8 Å². The molecule has 16 heavy (non-hydrogen) atoms. The number of ether oxygens (including phenoxy) is 1. The molecular formula is C12H20N2O2. The highest BCUT2D eigenvalue weighted by molar-refractivity contribution is 5.36. The molecule has 0 aliphatic rings. The summed E-state index contributed by atoms with van der Waals surface area (Å²) in [6, 6.07) is 7.90. The molecule has 0 bridgehead atoms. The quantitative estimate of drug-likeness (QED) is 0.743. The van der Waals surface area contributed by atoms with Crippen LogP contribution in [0.15, 0.2) is 24.3 Å². The minimum atomic E-state index is 0.0725. The van der Waals surface area contributed by atoms with Crippen LogP contribution in [0, 0.1) is 0 Å². The van der Waals surface area contributed by atoms with Crippen LogP contribution in [0.4, 0.5) is 0 Å². The van der Waals surface area contributed by atoms with Crippen molar-refractivity contribution >= 4 is 0 Å². The van der Waals surface area contributed by atoms with Crippen LogP contribution >= 0.6 is 0 Å². The summed E-state index contributed by atoms with van der Waals surface area (Å²) in [7, 11) is 3.60. The first-order valence-electron chi connectivity index (χ1n) is 5.38. The summed E-state index contributed by atoms with van der Waals surface area (Å²) in [5, 5.41) is 8.94. The fourth-order valence-electron chi connectivity index (χ4n) is 1.80. The molecule has 1 unspecified atom stereocenters. The molecule has 4 nitrogen and oxygen atoms in total. The number of aliphatic hydroxyl groups excluding tert-OH is 1. The van der Waals surface area contributed by atoms with E-state index in [0.717, 1.165) is 11.3 Å². The summed E-state index contributed by atoms with van der Waals surface area (Å²) >= 11 is 0. The maximum Gasteiger partial charge on any atom is 0.123 e. The zero-order valence-electron chi connectivity index (χ0n) is 9.89. The lowest BCUT2D eigenvalue weighted by atomic mass is 10.0. The normalized spacial score (nSPS) is 12.8. The Labute approximate surface area is 96.6 Å². The van der Waals surface area contributed by atoms with Crippen LogP contribution in [0.25, 0.3) is 0 Å². The molecule has 1 aromatic carbocycles. The number of rotatable bonds is 6. The van der Waals surface area contributed by atoms with Crippen LogP contribution in [0.5, 0.6) is 5.75 Å². The summed E-state index contributed by atoms with van der Waals surface area (Å²) in [5.41, 5.74) is 6.84. The lowest BCUT2D eigenvalue weighted by Crippen LogP contribution is -2.32. The van der Waals surface area contributed by atoms with Crippen molar-refractivity contribution < 1.29 is 9.84 Å². The van der Waals surface area contributed by atoms with Gasteiger partial charge in [-0.25, -0.2) is 0 Å². The molecule has 1 aromatic rings. The Bertz CT molecular complexity index is 318. The van der Waals surface area contributed by atoms with Crippen LogP contribution in [-0.4, -0.2) is 43.9 Å². The standard InChI is InChI=1S/C12H20N2O2/c1-14(7-8-15)11(9-13)10-5-3-4-6-12(10)16-2/h3-6,11,15H,7-9,13H2,1-2H3. The number of nitrogens with two attached hydrogens (primary N) is 1. The highest BCUT2D eigenvalue weighted by atomic mass is 16.5. The van der Waals surface area contributed by atoms with E-state index in [4.69, 9.17) is 15.6 Å². The molecule has 0 heterocycles. The van der Waals surface area contributed by atoms with E-state index < -0.39 is 0 Å². The van der Waals surface area contributed by atoms with Crippen molar-refractivity contribution in [2.24, 2.45) is 5.73 Å². The maximum absolute atomic E-state index is 8.94. The smallest absolute Gasteiger partial charge is 0.123 e. The second kappa shape index (κ2) is 6.48. The van der Waals surface area contributed by atoms with Crippen LogP contribution in [0.3, 0.4) is 0 Å². The van der Waals surface area contributed by atoms with E-state index in [1.807, 2.05) is 36.2 Å². The van der Waals surface area contributed by atoms with E-state index >= 15 is 0 Å². The van der Waals surface area contributed by atoms with Crippen molar-refractivity contribution in [1.82, 2.24) is 4.90 Å². The van der Waals surface area contributed by atoms with Gasteiger partial charge in [-0.05, 0) is 13.1 Å². The number of hydrogen-bond donors (Lipinski definition) is 2. The Hall–Kier alpha value is -1.10. The summed E-state index contributed by atoms with van der Waals surface area (Å²) in [6.45, 7) is 1.22. The zero-order chi connectivity index (χ0) is 12.0. The number of likely N-dealkylation sites (N-methyl/N-ethyl adjacent to an activating group) is 1. The molecule has 0 radical (unpaired) electrons. The first-order chi connectivity index (χ1) is 7.74. The van der Waals surface area contributed by atoms with Crippen molar-refractivity contribution in [1.29, 1.82) is 0 Å². The Balaban J connectivity index is 2.93. The molecule has 0 amide bonds.